The summed E-state index contributed by atoms with van der Waals surface area (Å²) in [6, 6.07) is 11.3. The zero-order valence-corrected chi connectivity index (χ0v) is 22.0. The average molecular weight is 529 g/mol. The van der Waals surface area contributed by atoms with Crippen molar-refractivity contribution in [2.75, 3.05) is 6.54 Å². The van der Waals surface area contributed by atoms with Crippen molar-refractivity contribution >= 4 is 12.0 Å². The number of carbonyl (C=O) groups excluding carboxylic acids is 1. The van der Waals surface area contributed by atoms with Gasteiger partial charge in [0.25, 0.3) is 0 Å². The summed E-state index contributed by atoms with van der Waals surface area (Å²) in [6.45, 7) is -1.17. The Labute approximate surface area is 230 Å². The Kier molecular flexibility index (Phi) is 6.35. The lowest BCUT2D eigenvalue weighted by Crippen LogP contribution is -2.47. The zero-order chi connectivity index (χ0) is 30.3. The lowest BCUT2D eigenvalue weighted by atomic mass is 9.72. The van der Waals surface area contributed by atoms with E-state index in [-0.39, 0.29) is 19.0 Å². The number of fused-ring (bicyclic) bond motifs is 1. The fourth-order valence-electron chi connectivity index (χ4n) is 6.79. The number of halogens is 3. The van der Waals surface area contributed by atoms with E-state index in [1.165, 1.54) is 23.0 Å². The van der Waals surface area contributed by atoms with Crippen molar-refractivity contribution in [3.05, 3.63) is 70.6 Å². The summed E-state index contributed by atoms with van der Waals surface area (Å²) in [7, 11) is 0. The first-order valence-electron chi connectivity index (χ1n) is 15.8. The summed E-state index contributed by atoms with van der Waals surface area (Å²) in [6.07, 6.45) is 5.14. The van der Waals surface area contributed by atoms with E-state index >= 15 is 0 Å². The van der Waals surface area contributed by atoms with Gasteiger partial charge in [0.15, 0.2) is 0 Å². The zero-order valence-electron chi connectivity index (χ0n) is 26.0. The minimum Gasteiger partial charge on any atom is -0.337 e. The minimum atomic E-state index is -4.55. The highest BCUT2D eigenvalue weighted by Gasteiger charge is 2.49. The van der Waals surface area contributed by atoms with E-state index in [2.05, 4.69) is 23.2 Å². The first kappa shape index (κ1) is 22.2. The standard InChI is InChI=1S/C32H39F3N2O/c1-22(2)31(30(38)37-15-13-29-27(21-37)18-28(20-36-29)32(33,34)35)14-12-26(19-31)17-25-10-8-24(9-11-25)16-23-6-4-3-5-7-23/h3-7,16,18,20,22,25-26H,8-15,17,19,21H2,1-2H3/t25?,26-,31-/m0/s1/i1D3,22D/t22?,25?,26-,31-. The van der Waals surface area contributed by atoms with Gasteiger partial charge in [-0.3, -0.25) is 9.78 Å². The summed E-state index contributed by atoms with van der Waals surface area (Å²) in [5.41, 5.74) is 1.19. The molecule has 0 bridgehead atoms. The van der Waals surface area contributed by atoms with Crippen LogP contribution in [-0.4, -0.2) is 22.3 Å². The minimum absolute atomic E-state index is 0.0618. The molecule has 2 fully saturated rings. The number of amides is 1. The van der Waals surface area contributed by atoms with E-state index < -0.39 is 35.8 Å². The Morgan fingerprint density at radius 2 is 1.97 bits per heavy atom. The molecular weight excluding hydrogens is 485 g/mol. The second kappa shape index (κ2) is 10.9. The van der Waals surface area contributed by atoms with Gasteiger partial charge in [0, 0.05) is 36.9 Å². The van der Waals surface area contributed by atoms with E-state index in [0.717, 1.165) is 44.4 Å². The van der Waals surface area contributed by atoms with Crippen LogP contribution in [0, 0.1) is 23.1 Å². The third kappa shape index (κ3) is 5.69. The molecule has 2 aromatic rings. The van der Waals surface area contributed by atoms with Crippen LogP contribution in [-0.2, 0) is 23.9 Å². The fourth-order valence-corrected chi connectivity index (χ4v) is 6.79. The van der Waals surface area contributed by atoms with Crippen molar-refractivity contribution in [2.24, 2.45) is 23.1 Å². The Balaban J connectivity index is 1.31. The van der Waals surface area contributed by atoms with Gasteiger partial charge in [-0.1, -0.05) is 55.8 Å². The number of benzene rings is 1. The lowest BCUT2D eigenvalue weighted by Gasteiger charge is -2.39. The second-order valence-electron chi connectivity index (χ2n) is 11.5. The number of aromatic nitrogens is 1. The van der Waals surface area contributed by atoms with Crippen LogP contribution in [0.2, 0.25) is 0 Å². The van der Waals surface area contributed by atoms with Crippen molar-refractivity contribution < 1.29 is 23.4 Å². The van der Waals surface area contributed by atoms with Gasteiger partial charge in [0.1, 0.15) is 0 Å². The molecule has 1 aromatic carbocycles. The largest absolute Gasteiger partial charge is 0.417 e. The molecule has 3 atom stereocenters. The number of nitrogens with zero attached hydrogens (tertiary/aromatic N) is 2. The highest BCUT2D eigenvalue weighted by Crippen LogP contribution is 2.51. The Hall–Kier alpha value is -2.63. The topological polar surface area (TPSA) is 33.2 Å². The summed E-state index contributed by atoms with van der Waals surface area (Å²) in [5, 5.41) is 0. The molecule has 1 aliphatic heterocycles. The van der Waals surface area contributed by atoms with Gasteiger partial charge in [-0.15, -0.1) is 0 Å². The molecule has 2 heterocycles. The van der Waals surface area contributed by atoms with Gasteiger partial charge >= 0.3 is 6.18 Å². The highest BCUT2D eigenvalue weighted by molar-refractivity contribution is 5.83. The molecule has 0 N–H and O–H groups in total. The van der Waals surface area contributed by atoms with Gasteiger partial charge in [-0.2, -0.15) is 13.2 Å². The van der Waals surface area contributed by atoms with Crippen LogP contribution in [0.3, 0.4) is 0 Å². The fraction of sp³-hybridized carbons (Fsp3) is 0.562. The molecule has 5 rings (SSSR count). The van der Waals surface area contributed by atoms with Crippen molar-refractivity contribution in [1.29, 1.82) is 0 Å². The second-order valence-corrected chi connectivity index (χ2v) is 11.5. The van der Waals surface area contributed by atoms with Crippen molar-refractivity contribution in [3.63, 3.8) is 0 Å². The molecule has 2 aliphatic carbocycles. The molecule has 0 saturated heterocycles. The van der Waals surface area contributed by atoms with Crippen LogP contribution < -0.4 is 0 Å². The number of alkyl halides is 3. The molecule has 38 heavy (non-hydrogen) atoms. The monoisotopic (exact) mass is 528 g/mol. The van der Waals surface area contributed by atoms with Gasteiger partial charge in [-0.25, -0.2) is 0 Å². The Morgan fingerprint density at radius 1 is 1.21 bits per heavy atom. The molecule has 6 heteroatoms. The molecule has 0 radical (unpaired) electrons. The third-order valence-corrected chi connectivity index (χ3v) is 8.98. The van der Waals surface area contributed by atoms with Crippen LogP contribution in [0.25, 0.3) is 6.08 Å². The van der Waals surface area contributed by atoms with Gasteiger partial charge in [0.2, 0.25) is 5.91 Å². The van der Waals surface area contributed by atoms with E-state index in [9.17, 15) is 18.0 Å². The van der Waals surface area contributed by atoms with Crippen LogP contribution in [0.1, 0.15) is 93.0 Å². The summed E-state index contributed by atoms with van der Waals surface area (Å²) in [4.78, 5) is 19.7. The Bertz CT molecular complexity index is 1320. The number of carbonyl (C=O) groups is 1. The van der Waals surface area contributed by atoms with Gasteiger partial charge < -0.3 is 4.90 Å². The number of hydrogen-bond acceptors (Lipinski definition) is 2. The number of rotatable bonds is 5. The van der Waals surface area contributed by atoms with E-state index in [0.29, 0.717) is 42.9 Å². The first-order chi connectivity index (χ1) is 19.7. The predicted octanol–water partition coefficient (Wildman–Crippen LogP) is 8.09. The molecule has 1 aromatic heterocycles. The average Bonchev–Trinajstić information content (AvgIpc) is 3.38. The predicted molar refractivity (Wildman–Crippen MR) is 144 cm³/mol. The van der Waals surface area contributed by atoms with E-state index in [4.69, 9.17) is 5.48 Å². The maximum Gasteiger partial charge on any atom is 0.417 e. The van der Waals surface area contributed by atoms with Crippen LogP contribution in [0.4, 0.5) is 13.2 Å². The Morgan fingerprint density at radius 3 is 2.68 bits per heavy atom. The first-order valence-corrected chi connectivity index (χ1v) is 13.8. The SMILES string of the molecule is [2H]C([2H])([2H])C([2H])(C)[C@]1(C(=O)N2CCc3ncc(C(F)(F)F)cc3C2)CC[C@@H](CC2CCC(=Cc3ccccc3)CC2)C1. The van der Waals surface area contributed by atoms with Crippen molar-refractivity contribution in [1.82, 2.24) is 9.88 Å². The molecule has 2 saturated carbocycles. The molecule has 0 spiro atoms. The van der Waals surface area contributed by atoms with Crippen LogP contribution in [0.5, 0.6) is 0 Å². The lowest BCUT2D eigenvalue weighted by molar-refractivity contribution is -0.146. The smallest absolute Gasteiger partial charge is 0.337 e. The number of pyridine rings is 1. The van der Waals surface area contributed by atoms with Gasteiger partial charge in [-0.05, 0) is 86.3 Å². The number of allylic oxidation sites excluding steroid dienone is 1. The van der Waals surface area contributed by atoms with Crippen LogP contribution in [0.15, 0.2) is 48.2 Å². The normalized spacial score (nSPS) is 29.4. The van der Waals surface area contributed by atoms with Crippen molar-refractivity contribution in [3.8, 4) is 0 Å². The third-order valence-electron chi connectivity index (χ3n) is 8.98. The van der Waals surface area contributed by atoms with E-state index in [1.807, 2.05) is 18.2 Å². The molecule has 204 valence electrons. The molecule has 1 amide bonds. The summed E-state index contributed by atoms with van der Waals surface area (Å²) < 4.78 is 73.8. The van der Waals surface area contributed by atoms with Crippen molar-refractivity contribution in [2.45, 2.75) is 84.3 Å². The maximum atomic E-state index is 14.3. The number of hydrogen-bond donors (Lipinski definition) is 0. The maximum absolute atomic E-state index is 14.3. The highest BCUT2D eigenvalue weighted by atomic mass is 19.4. The van der Waals surface area contributed by atoms with E-state index in [1.54, 1.807) is 0 Å². The van der Waals surface area contributed by atoms with Crippen LogP contribution >= 0.6 is 0 Å². The summed E-state index contributed by atoms with van der Waals surface area (Å²) in [5.74, 6) is -1.84. The molecule has 3 nitrogen and oxygen atoms in total. The molecule has 1 unspecified atom stereocenters. The quantitative estimate of drug-likeness (QED) is 0.393. The molecule has 3 aliphatic rings. The molecular formula is C32H39F3N2O. The van der Waals surface area contributed by atoms with Gasteiger partial charge in [0.05, 0.1) is 11.0 Å². The summed E-state index contributed by atoms with van der Waals surface area (Å²) >= 11 is 0.